The fourth-order valence-electron chi connectivity index (χ4n) is 0.718. The van der Waals surface area contributed by atoms with Crippen LogP contribution in [0.4, 0.5) is 0 Å². The first kappa shape index (κ1) is 10.0. The normalized spacial score (nSPS) is 11.2. The van der Waals surface area contributed by atoms with Gasteiger partial charge in [-0.25, -0.2) is 18.5 Å². The monoisotopic (exact) mass is 217 g/mol. The first-order chi connectivity index (χ1) is 5.91. The van der Waals surface area contributed by atoms with Gasteiger partial charge in [0.1, 0.15) is 4.99 Å². The van der Waals surface area contributed by atoms with Crippen molar-refractivity contribution < 1.29 is 8.42 Å². The summed E-state index contributed by atoms with van der Waals surface area (Å²) in [6, 6.07) is 2.74. The molecule has 0 fully saturated rings. The summed E-state index contributed by atoms with van der Waals surface area (Å²) in [7, 11) is -3.79. The molecule has 70 valence electrons. The summed E-state index contributed by atoms with van der Waals surface area (Å²) in [4.78, 5) is 3.67. The van der Waals surface area contributed by atoms with Crippen LogP contribution in [0.25, 0.3) is 0 Å². The highest BCUT2D eigenvalue weighted by atomic mass is 32.2. The van der Waals surface area contributed by atoms with Gasteiger partial charge in [0, 0.05) is 11.8 Å². The van der Waals surface area contributed by atoms with Gasteiger partial charge in [-0.05, 0) is 12.1 Å². The van der Waals surface area contributed by atoms with Gasteiger partial charge < -0.3 is 5.73 Å². The quantitative estimate of drug-likeness (QED) is 0.642. The number of hydrogen-bond acceptors (Lipinski definition) is 4. The fourth-order valence-corrected chi connectivity index (χ4v) is 1.34. The van der Waals surface area contributed by atoms with E-state index in [0.717, 1.165) is 0 Å². The smallest absolute Gasteiger partial charge is 0.255 e. The molecule has 13 heavy (non-hydrogen) atoms. The summed E-state index contributed by atoms with van der Waals surface area (Å²) in [5.41, 5.74) is 5.72. The van der Waals surface area contributed by atoms with Gasteiger partial charge in [-0.1, -0.05) is 12.2 Å². The molecule has 0 bridgehead atoms. The maximum atomic E-state index is 10.8. The van der Waals surface area contributed by atoms with Gasteiger partial charge >= 0.3 is 0 Å². The average Bonchev–Trinajstić information content (AvgIpc) is 2.03. The highest BCUT2D eigenvalue weighted by Gasteiger charge is 2.10. The molecule has 0 spiro atoms. The van der Waals surface area contributed by atoms with E-state index in [9.17, 15) is 8.42 Å². The van der Waals surface area contributed by atoms with E-state index in [2.05, 4.69) is 17.2 Å². The number of aromatic nitrogens is 1. The van der Waals surface area contributed by atoms with Crippen LogP contribution in [0.2, 0.25) is 0 Å². The highest BCUT2D eigenvalue weighted by Crippen LogP contribution is 2.05. The number of hydrogen-bond donors (Lipinski definition) is 2. The van der Waals surface area contributed by atoms with Crippen molar-refractivity contribution in [1.82, 2.24) is 4.98 Å². The van der Waals surface area contributed by atoms with E-state index >= 15 is 0 Å². The Morgan fingerprint density at radius 2 is 2.15 bits per heavy atom. The lowest BCUT2D eigenvalue weighted by molar-refractivity contribution is 0.594. The molecule has 0 saturated carbocycles. The molecule has 7 heteroatoms. The predicted octanol–water partition coefficient (Wildman–Crippen LogP) is -0.637. The molecule has 4 N–H and O–H groups in total. The van der Waals surface area contributed by atoms with Crippen LogP contribution in [-0.2, 0) is 10.0 Å². The van der Waals surface area contributed by atoms with Crippen LogP contribution in [-0.4, -0.2) is 18.4 Å². The van der Waals surface area contributed by atoms with Crippen molar-refractivity contribution in [1.29, 1.82) is 0 Å². The minimum Gasteiger partial charge on any atom is -0.389 e. The van der Waals surface area contributed by atoms with Crippen molar-refractivity contribution in [2.75, 3.05) is 0 Å². The lowest BCUT2D eigenvalue weighted by Gasteiger charge is -1.99. The molecular formula is C6H7N3O2S2. The number of rotatable bonds is 2. The maximum Gasteiger partial charge on any atom is 0.255 e. The Bertz CT molecular complexity index is 441. The molecule has 1 aromatic heterocycles. The summed E-state index contributed by atoms with van der Waals surface area (Å²) in [5.74, 6) is 0. The summed E-state index contributed by atoms with van der Waals surface area (Å²) >= 11 is 4.66. The van der Waals surface area contributed by atoms with Gasteiger partial charge in [-0.2, -0.15) is 0 Å². The largest absolute Gasteiger partial charge is 0.389 e. The molecule has 0 saturated heterocycles. The fraction of sp³-hybridized carbons (Fsp3) is 0. The molecule has 0 radical (unpaired) electrons. The molecule has 0 atom stereocenters. The van der Waals surface area contributed by atoms with E-state index in [4.69, 9.17) is 10.9 Å². The van der Waals surface area contributed by atoms with Crippen LogP contribution in [0, 0.1) is 0 Å². The topological polar surface area (TPSA) is 99.1 Å². The molecule has 1 rings (SSSR count). The minimum atomic E-state index is -3.79. The number of nitrogens with two attached hydrogens (primary N) is 2. The van der Waals surface area contributed by atoms with Gasteiger partial charge in [0.25, 0.3) is 10.0 Å². The Balaban J connectivity index is 3.29. The first-order valence-corrected chi connectivity index (χ1v) is 5.15. The third-order valence-corrected chi connectivity index (χ3v) is 2.35. The third-order valence-electron chi connectivity index (χ3n) is 1.31. The Morgan fingerprint density at radius 3 is 2.62 bits per heavy atom. The van der Waals surface area contributed by atoms with Crippen molar-refractivity contribution in [3.8, 4) is 0 Å². The Morgan fingerprint density at radius 1 is 1.54 bits per heavy atom. The van der Waals surface area contributed by atoms with Crippen LogP contribution in [0.3, 0.4) is 0 Å². The van der Waals surface area contributed by atoms with E-state index < -0.39 is 10.0 Å². The second-order valence-electron chi connectivity index (χ2n) is 2.29. The second-order valence-corrected chi connectivity index (χ2v) is 4.24. The molecule has 0 unspecified atom stereocenters. The van der Waals surface area contributed by atoms with Crippen molar-refractivity contribution in [3.63, 3.8) is 0 Å². The molecule has 1 aromatic rings. The average molecular weight is 217 g/mol. The first-order valence-electron chi connectivity index (χ1n) is 3.20. The van der Waals surface area contributed by atoms with E-state index in [1.54, 1.807) is 0 Å². The molecule has 0 amide bonds. The van der Waals surface area contributed by atoms with Crippen LogP contribution in [0.5, 0.6) is 0 Å². The molecule has 1 heterocycles. The second kappa shape index (κ2) is 3.36. The van der Waals surface area contributed by atoms with Crippen molar-refractivity contribution in [2.45, 2.75) is 5.03 Å². The Hall–Kier alpha value is -1.05. The summed E-state index contributed by atoms with van der Waals surface area (Å²) < 4.78 is 21.7. The highest BCUT2D eigenvalue weighted by molar-refractivity contribution is 7.89. The van der Waals surface area contributed by atoms with Crippen molar-refractivity contribution >= 4 is 27.2 Å². The van der Waals surface area contributed by atoms with E-state index in [0.29, 0.717) is 5.56 Å². The minimum absolute atomic E-state index is 0.104. The molecule has 0 aliphatic heterocycles. The van der Waals surface area contributed by atoms with Crippen LogP contribution in [0.15, 0.2) is 23.4 Å². The van der Waals surface area contributed by atoms with Gasteiger partial charge in [0.15, 0.2) is 5.03 Å². The third kappa shape index (κ3) is 2.44. The summed E-state index contributed by atoms with van der Waals surface area (Å²) in [5, 5.41) is 4.61. The van der Waals surface area contributed by atoms with Gasteiger partial charge in [0.2, 0.25) is 0 Å². The molecule has 0 aromatic carbocycles. The maximum absolute atomic E-state index is 10.8. The van der Waals surface area contributed by atoms with E-state index in [1.807, 2.05) is 0 Å². The van der Waals surface area contributed by atoms with Crippen LogP contribution >= 0.6 is 12.2 Å². The van der Waals surface area contributed by atoms with Gasteiger partial charge in [-0.3, -0.25) is 0 Å². The SMILES string of the molecule is NC(=S)c1ccnc(S(N)(=O)=O)c1. The zero-order chi connectivity index (χ0) is 10.1. The van der Waals surface area contributed by atoms with E-state index in [1.165, 1.54) is 18.3 Å². The zero-order valence-corrected chi connectivity index (χ0v) is 8.10. The lowest BCUT2D eigenvalue weighted by atomic mass is 10.3. The van der Waals surface area contributed by atoms with Crippen LogP contribution < -0.4 is 10.9 Å². The molecular weight excluding hydrogens is 210 g/mol. The lowest BCUT2D eigenvalue weighted by Crippen LogP contribution is -2.16. The number of sulfonamides is 1. The van der Waals surface area contributed by atoms with Crippen molar-refractivity contribution in [2.24, 2.45) is 10.9 Å². The number of thiocarbonyl (C=S) groups is 1. The predicted molar refractivity (Wildman–Crippen MR) is 51.5 cm³/mol. The van der Waals surface area contributed by atoms with Crippen molar-refractivity contribution in [3.05, 3.63) is 23.9 Å². The standard InChI is InChI=1S/C6H7N3O2S2/c7-6(12)4-1-2-9-5(3-4)13(8,10)11/h1-3H,(H2,7,12)(H2,8,10,11). The zero-order valence-electron chi connectivity index (χ0n) is 6.47. The van der Waals surface area contributed by atoms with E-state index in [-0.39, 0.29) is 10.0 Å². The summed E-state index contributed by atoms with van der Waals surface area (Å²) in [6.45, 7) is 0. The number of pyridine rings is 1. The molecule has 0 aliphatic rings. The Kier molecular flexibility index (Phi) is 2.60. The molecule has 0 aliphatic carbocycles. The van der Waals surface area contributed by atoms with Crippen LogP contribution in [0.1, 0.15) is 5.56 Å². The van der Waals surface area contributed by atoms with Gasteiger partial charge in [-0.15, -0.1) is 0 Å². The summed E-state index contributed by atoms with van der Waals surface area (Å²) in [6.07, 6.45) is 1.29. The molecule has 5 nitrogen and oxygen atoms in total. The van der Waals surface area contributed by atoms with Gasteiger partial charge in [0.05, 0.1) is 0 Å². The number of nitrogens with zero attached hydrogens (tertiary/aromatic N) is 1. The Labute approximate surface area is 80.8 Å². The number of primary sulfonamides is 1.